The summed E-state index contributed by atoms with van der Waals surface area (Å²) in [5.41, 5.74) is 0. The van der Waals surface area contributed by atoms with Crippen molar-refractivity contribution in [2.24, 2.45) is 0 Å². The summed E-state index contributed by atoms with van der Waals surface area (Å²) in [6.45, 7) is 0. The van der Waals surface area contributed by atoms with Gasteiger partial charge in [-0.3, -0.25) is 0 Å². The molecule has 15 heavy (non-hydrogen) atoms. The first-order chi connectivity index (χ1) is 7.24. The second-order valence-electron chi connectivity index (χ2n) is 3.06. The van der Waals surface area contributed by atoms with Gasteiger partial charge in [0.05, 0.1) is 14.2 Å². The predicted octanol–water partition coefficient (Wildman–Crippen LogP) is 2.39. The highest BCUT2D eigenvalue weighted by molar-refractivity contribution is 5.84. The number of aromatic nitrogens is 1. The van der Waals surface area contributed by atoms with Crippen LogP contribution in [0.2, 0.25) is 0 Å². The maximum absolute atomic E-state index is 13.3. The summed E-state index contributed by atoms with van der Waals surface area (Å²) in [7, 11) is 2.97. The Kier molecular flexibility index (Phi) is 2.41. The van der Waals surface area contributed by atoms with E-state index in [0.29, 0.717) is 11.3 Å². The average Bonchev–Trinajstić information content (AvgIpc) is 2.27. The van der Waals surface area contributed by atoms with Crippen LogP contribution in [0.1, 0.15) is 0 Å². The monoisotopic (exact) mass is 207 g/mol. The summed E-state index contributed by atoms with van der Waals surface area (Å²) in [4.78, 5) is 3.99. The molecule has 0 saturated heterocycles. The van der Waals surface area contributed by atoms with Crippen LogP contribution in [0, 0.1) is 5.82 Å². The number of fused-ring (bicyclic) bond motifs is 1. The topological polar surface area (TPSA) is 31.4 Å². The van der Waals surface area contributed by atoms with Crippen molar-refractivity contribution < 1.29 is 13.9 Å². The number of methoxy groups -OCH3 is 2. The number of nitrogens with zero attached hydrogens (tertiary/aromatic N) is 1. The van der Waals surface area contributed by atoms with Crippen LogP contribution in [0.15, 0.2) is 24.4 Å². The van der Waals surface area contributed by atoms with Gasteiger partial charge < -0.3 is 9.47 Å². The Morgan fingerprint density at radius 3 is 2.53 bits per heavy atom. The van der Waals surface area contributed by atoms with Crippen LogP contribution in [0.5, 0.6) is 11.6 Å². The molecule has 78 valence electrons. The van der Waals surface area contributed by atoms with E-state index in [1.165, 1.54) is 20.3 Å². The van der Waals surface area contributed by atoms with Gasteiger partial charge in [0, 0.05) is 17.6 Å². The minimum Gasteiger partial charge on any atom is -0.494 e. The number of ether oxygens (including phenoxy) is 2. The van der Waals surface area contributed by atoms with Crippen LogP contribution in [-0.4, -0.2) is 19.2 Å². The van der Waals surface area contributed by atoms with E-state index in [0.717, 1.165) is 5.39 Å². The van der Waals surface area contributed by atoms with Crippen molar-refractivity contribution in [3.63, 3.8) is 0 Å². The quantitative estimate of drug-likeness (QED) is 0.757. The normalized spacial score (nSPS) is 10.3. The summed E-state index contributed by atoms with van der Waals surface area (Å²) in [5, 5.41) is 1.55. The number of hydrogen-bond donors (Lipinski definition) is 0. The molecule has 0 amide bonds. The van der Waals surface area contributed by atoms with Crippen LogP contribution in [0.4, 0.5) is 4.39 Å². The molecule has 0 aliphatic heterocycles. The summed E-state index contributed by atoms with van der Waals surface area (Å²) >= 11 is 0. The highest BCUT2D eigenvalue weighted by atomic mass is 19.1. The van der Waals surface area contributed by atoms with Gasteiger partial charge in [0.25, 0.3) is 0 Å². The molecule has 0 unspecified atom stereocenters. The van der Waals surface area contributed by atoms with Gasteiger partial charge in [0.15, 0.2) is 11.6 Å². The van der Waals surface area contributed by atoms with Crippen LogP contribution < -0.4 is 9.47 Å². The van der Waals surface area contributed by atoms with E-state index in [1.54, 1.807) is 18.3 Å². The van der Waals surface area contributed by atoms with E-state index < -0.39 is 5.82 Å². The lowest BCUT2D eigenvalue weighted by Gasteiger charge is -2.05. The lowest BCUT2D eigenvalue weighted by atomic mass is 10.1. The van der Waals surface area contributed by atoms with E-state index in [1.807, 2.05) is 0 Å². The molecule has 1 heterocycles. The van der Waals surface area contributed by atoms with Crippen molar-refractivity contribution in [1.29, 1.82) is 0 Å². The Labute approximate surface area is 86.5 Å². The van der Waals surface area contributed by atoms with Crippen molar-refractivity contribution in [3.8, 4) is 11.6 Å². The maximum Gasteiger partial charge on any atom is 0.213 e. The van der Waals surface area contributed by atoms with Gasteiger partial charge in [-0.15, -0.1) is 0 Å². The molecule has 2 rings (SSSR count). The molecule has 4 heteroatoms. The standard InChI is InChI=1S/C11H10FNO2/c1-14-10-4-7-5-11(15-2)13-6-8(7)3-9(10)12/h3-6H,1-2H3. The minimum atomic E-state index is -0.392. The van der Waals surface area contributed by atoms with Gasteiger partial charge in [0.2, 0.25) is 5.88 Å². The zero-order valence-corrected chi connectivity index (χ0v) is 8.45. The molecule has 0 spiro atoms. The van der Waals surface area contributed by atoms with Gasteiger partial charge in [-0.25, -0.2) is 9.37 Å². The first-order valence-electron chi connectivity index (χ1n) is 4.42. The van der Waals surface area contributed by atoms with Crippen molar-refractivity contribution >= 4 is 10.8 Å². The third-order valence-electron chi connectivity index (χ3n) is 2.18. The molecule has 1 aromatic carbocycles. The highest BCUT2D eigenvalue weighted by Crippen LogP contribution is 2.25. The fourth-order valence-corrected chi connectivity index (χ4v) is 1.39. The summed E-state index contributed by atoms with van der Waals surface area (Å²) in [6.07, 6.45) is 1.57. The van der Waals surface area contributed by atoms with Gasteiger partial charge >= 0.3 is 0 Å². The summed E-state index contributed by atoms with van der Waals surface area (Å²) in [5.74, 6) is 0.323. The average molecular weight is 207 g/mol. The van der Waals surface area contributed by atoms with Crippen LogP contribution in [0.25, 0.3) is 10.8 Å². The predicted molar refractivity (Wildman–Crippen MR) is 54.8 cm³/mol. The Bertz CT molecular complexity index is 499. The third-order valence-corrected chi connectivity index (χ3v) is 2.18. The second-order valence-corrected chi connectivity index (χ2v) is 3.06. The fraction of sp³-hybridized carbons (Fsp3) is 0.182. The lowest BCUT2D eigenvalue weighted by Crippen LogP contribution is -1.90. The van der Waals surface area contributed by atoms with Gasteiger partial charge in [-0.05, 0) is 17.5 Å². The van der Waals surface area contributed by atoms with Crippen LogP contribution >= 0.6 is 0 Å². The molecule has 0 saturated carbocycles. The lowest BCUT2D eigenvalue weighted by molar-refractivity contribution is 0.387. The van der Waals surface area contributed by atoms with Gasteiger partial charge in [0.1, 0.15) is 0 Å². The molecule has 3 nitrogen and oxygen atoms in total. The second kappa shape index (κ2) is 3.73. The molecule has 2 aromatic rings. The van der Waals surface area contributed by atoms with E-state index in [9.17, 15) is 4.39 Å². The van der Waals surface area contributed by atoms with Crippen molar-refractivity contribution in [3.05, 3.63) is 30.2 Å². The van der Waals surface area contributed by atoms with E-state index in [-0.39, 0.29) is 5.75 Å². The molecule has 1 aromatic heterocycles. The zero-order chi connectivity index (χ0) is 10.8. The van der Waals surface area contributed by atoms with Crippen molar-refractivity contribution in [2.75, 3.05) is 14.2 Å². The van der Waals surface area contributed by atoms with Crippen LogP contribution in [0.3, 0.4) is 0 Å². The first kappa shape index (κ1) is 9.71. The smallest absolute Gasteiger partial charge is 0.213 e. The molecule has 0 radical (unpaired) electrons. The van der Waals surface area contributed by atoms with E-state index >= 15 is 0 Å². The molecule has 0 N–H and O–H groups in total. The zero-order valence-electron chi connectivity index (χ0n) is 8.45. The molecule has 0 atom stereocenters. The minimum absolute atomic E-state index is 0.218. The van der Waals surface area contributed by atoms with Crippen LogP contribution in [-0.2, 0) is 0 Å². The SMILES string of the molecule is COc1cc2cc(OC)c(F)cc2cn1. The van der Waals surface area contributed by atoms with E-state index in [4.69, 9.17) is 9.47 Å². The Morgan fingerprint density at radius 2 is 1.87 bits per heavy atom. The first-order valence-corrected chi connectivity index (χ1v) is 4.42. The number of halogens is 1. The van der Waals surface area contributed by atoms with E-state index in [2.05, 4.69) is 4.98 Å². The number of pyridine rings is 1. The maximum atomic E-state index is 13.3. The molecular weight excluding hydrogens is 197 g/mol. The molecular formula is C11H10FNO2. The Morgan fingerprint density at radius 1 is 1.07 bits per heavy atom. The van der Waals surface area contributed by atoms with Gasteiger partial charge in [-0.1, -0.05) is 0 Å². The third kappa shape index (κ3) is 1.70. The Balaban J connectivity index is 2.66. The highest BCUT2D eigenvalue weighted by Gasteiger charge is 2.05. The largest absolute Gasteiger partial charge is 0.494 e. The molecule has 0 aliphatic rings. The van der Waals surface area contributed by atoms with Gasteiger partial charge in [-0.2, -0.15) is 0 Å². The molecule has 0 fully saturated rings. The fourth-order valence-electron chi connectivity index (χ4n) is 1.39. The molecule has 0 bridgehead atoms. The summed E-state index contributed by atoms with van der Waals surface area (Å²) < 4.78 is 23.2. The number of rotatable bonds is 2. The number of benzene rings is 1. The Hall–Kier alpha value is -1.84. The number of hydrogen-bond acceptors (Lipinski definition) is 3. The van der Waals surface area contributed by atoms with Crippen molar-refractivity contribution in [1.82, 2.24) is 4.98 Å². The molecule has 0 aliphatic carbocycles. The van der Waals surface area contributed by atoms with Crippen molar-refractivity contribution in [2.45, 2.75) is 0 Å². The summed E-state index contributed by atoms with van der Waals surface area (Å²) in [6, 6.07) is 4.74.